The predicted octanol–water partition coefficient (Wildman–Crippen LogP) is 2.14. The molecule has 4 heteroatoms. The number of hydrogen-bond acceptors (Lipinski definition) is 3. The molecular formula is C13H18ClNO2. The highest BCUT2D eigenvalue weighted by molar-refractivity contribution is 6.30. The van der Waals surface area contributed by atoms with Crippen molar-refractivity contribution in [3.05, 3.63) is 34.9 Å². The minimum atomic E-state index is -0.708. The summed E-state index contributed by atoms with van der Waals surface area (Å²) in [4.78, 5) is 0. The van der Waals surface area contributed by atoms with E-state index in [2.05, 4.69) is 12.2 Å². The van der Waals surface area contributed by atoms with Gasteiger partial charge in [-0.05, 0) is 24.6 Å². The topological polar surface area (TPSA) is 41.5 Å². The van der Waals surface area contributed by atoms with E-state index in [0.717, 1.165) is 10.6 Å². The Balaban J connectivity index is 1.88. The SMILES string of the molecule is CC(NCC1(O)CCOC1)c1ccc(Cl)cc1. The zero-order chi connectivity index (χ0) is 12.3. The molecule has 1 aliphatic heterocycles. The van der Waals surface area contributed by atoms with Gasteiger partial charge >= 0.3 is 0 Å². The number of rotatable bonds is 4. The molecule has 1 saturated heterocycles. The van der Waals surface area contributed by atoms with E-state index >= 15 is 0 Å². The lowest BCUT2D eigenvalue weighted by Crippen LogP contribution is -2.41. The highest BCUT2D eigenvalue weighted by Crippen LogP contribution is 2.20. The van der Waals surface area contributed by atoms with Crippen LogP contribution in [0.5, 0.6) is 0 Å². The Morgan fingerprint density at radius 2 is 2.18 bits per heavy atom. The second-order valence-corrected chi connectivity index (χ2v) is 5.12. The molecule has 0 spiro atoms. The molecule has 0 radical (unpaired) electrons. The number of halogens is 1. The molecule has 1 aromatic carbocycles. The second-order valence-electron chi connectivity index (χ2n) is 4.68. The summed E-state index contributed by atoms with van der Waals surface area (Å²) < 4.78 is 5.21. The van der Waals surface area contributed by atoms with E-state index in [4.69, 9.17) is 16.3 Å². The Morgan fingerprint density at radius 1 is 1.47 bits per heavy atom. The van der Waals surface area contributed by atoms with Crippen molar-refractivity contribution in [2.45, 2.75) is 25.0 Å². The van der Waals surface area contributed by atoms with Crippen molar-refractivity contribution in [3.63, 3.8) is 0 Å². The predicted molar refractivity (Wildman–Crippen MR) is 68.3 cm³/mol. The van der Waals surface area contributed by atoms with Gasteiger partial charge in [0, 0.05) is 30.6 Å². The Hall–Kier alpha value is -0.610. The Kier molecular flexibility index (Phi) is 4.05. The van der Waals surface area contributed by atoms with E-state index in [1.54, 1.807) is 0 Å². The number of ether oxygens (including phenoxy) is 1. The van der Waals surface area contributed by atoms with Crippen LogP contribution in [0.4, 0.5) is 0 Å². The molecule has 0 aliphatic carbocycles. The number of hydrogen-bond donors (Lipinski definition) is 2. The van der Waals surface area contributed by atoms with Crippen LogP contribution in [0.25, 0.3) is 0 Å². The number of benzene rings is 1. The summed E-state index contributed by atoms with van der Waals surface area (Å²) in [6.07, 6.45) is 0.702. The standard InChI is InChI=1S/C13H18ClNO2/c1-10(11-2-4-12(14)5-3-11)15-8-13(16)6-7-17-9-13/h2-5,10,15-16H,6-9H2,1H3. The van der Waals surface area contributed by atoms with Crippen molar-refractivity contribution in [2.75, 3.05) is 19.8 Å². The van der Waals surface area contributed by atoms with E-state index in [1.165, 1.54) is 0 Å². The zero-order valence-electron chi connectivity index (χ0n) is 9.95. The van der Waals surface area contributed by atoms with Crippen LogP contribution < -0.4 is 5.32 Å². The molecule has 2 atom stereocenters. The highest BCUT2D eigenvalue weighted by atomic mass is 35.5. The average Bonchev–Trinajstić information content (AvgIpc) is 2.75. The average molecular weight is 256 g/mol. The third-order valence-corrected chi connectivity index (χ3v) is 3.44. The van der Waals surface area contributed by atoms with Crippen molar-refractivity contribution in [2.24, 2.45) is 0 Å². The van der Waals surface area contributed by atoms with Crippen LogP contribution in [0.3, 0.4) is 0 Å². The Labute approximate surface area is 107 Å². The maximum atomic E-state index is 10.1. The first-order valence-corrected chi connectivity index (χ1v) is 6.26. The van der Waals surface area contributed by atoms with Gasteiger partial charge in [-0.2, -0.15) is 0 Å². The fourth-order valence-electron chi connectivity index (χ4n) is 1.95. The lowest BCUT2D eigenvalue weighted by Gasteiger charge is -2.24. The van der Waals surface area contributed by atoms with Crippen LogP contribution in [-0.4, -0.2) is 30.5 Å². The van der Waals surface area contributed by atoms with Gasteiger partial charge in [-0.15, -0.1) is 0 Å². The van der Waals surface area contributed by atoms with Gasteiger partial charge in [0.05, 0.1) is 6.61 Å². The molecule has 2 unspecified atom stereocenters. The van der Waals surface area contributed by atoms with E-state index in [9.17, 15) is 5.11 Å². The normalized spacial score (nSPS) is 26.1. The minimum Gasteiger partial charge on any atom is -0.386 e. The first-order chi connectivity index (χ1) is 8.09. The van der Waals surface area contributed by atoms with Gasteiger partial charge in [-0.25, -0.2) is 0 Å². The molecule has 2 N–H and O–H groups in total. The summed E-state index contributed by atoms with van der Waals surface area (Å²) in [5.74, 6) is 0. The molecule has 1 heterocycles. The quantitative estimate of drug-likeness (QED) is 0.866. The van der Waals surface area contributed by atoms with E-state index in [1.807, 2.05) is 24.3 Å². The fraction of sp³-hybridized carbons (Fsp3) is 0.538. The highest BCUT2D eigenvalue weighted by Gasteiger charge is 2.32. The van der Waals surface area contributed by atoms with Gasteiger partial charge in [0.2, 0.25) is 0 Å². The molecule has 94 valence electrons. The van der Waals surface area contributed by atoms with Crippen LogP contribution >= 0.6 is 11.6 Å². The Bertz CT molecular complexity index is 360. The van der Waals surface area contributed by atoms with Crippen LogP contribution in [0, 0.1) is 0 Å². The van der Waals surface area contributed by atoms with Crippen LogP contribution in [0.15, 0.2) is 24.3 Å². The summed E-state index contributed by atoms with van der Waals surface area (Å²) in [6, 6.07) is 7.94. The third kappa shape index (κ3) is 3.42. The molecule has 2 rings (SSSR count). The summed E-state index contributed by atoms with van der Waals surface area (Å²) >= 11 is 5.84. The monoisotopic (exact) mass is 255 g/mol. The lowest BCUT2D eigenvalue weighted by molar-refractivity contribution is 0.0252. The summed E-state index contributed by atoms with van der Waals surface area (Å²) in [5.41, 5.74) is 0.456. The van der Waals surface area contributed by atoms with Crippen molar-refractivity contribution in [3.8, 4) is 0 Å². The molecule has 1 aliphatic rings. The maximum absolute atomic E-state index is 10.1. The third-order valence-electron chi connectivity index (χ3n) is 3.19. The summed E-state index contributed by atoms with van der Waals surface area (Å²) in [7, 11) is 0. The van der Waals surface area contributed by atoms with Gasteiger partial charge < -0.3 is 15.2 Å². The fourth-order valence-corrected chi connectivity index (χ4v) is 2.07. The van der Waals surface area contributed by atoms with Gasteiger partial charge in [0.25, 0.3) is 0 Å². The molecule has 1 aromatic rings. The molecule has 17 heavy (non-hydrogen) atoms. The van der Waals surface area contributed by atoms with Crippen molar-refractivity contribution >= 4 is 11.6 Å². The van der Waals surface area contributed by atoms with Crippen molar-refractivity contribution in [1.29, 1.82) is 0 Å². The number of aliphatic hydroxyl groups is 1. The molecule has 0 aromatic heterocycles. The van der Waals surface area contributed by atoms with E-state index in [-0.39, 0.29) is 6.04 Å². The molecule has 1 fully saturated rings. The number of nitrogens with one attached hydrogen (secondary N) is 1. The summed E-state index contributed by atoms with van der Waals surface area (Å²) in [6.45, 7) is 3.69. The minimum absolute atomic E-state index is 0.192. The van der Waals surface area contributed by atoms with E-state index < -0.39 is 5.60 Å². The van der Waals surface area contributed by atoms with Crippen LogP contribution in [0.1, 0.15) is 24.9 Å². The maximum Gasteiger partial charge on any atom is 0.103 e. The lowest BCUT2D eigenvalue weighted by atomic mass is 10.0. The first-order valence-electron chi connectivity index (χ1n) is 5.88. The molecule has 0 bridgehead atoms. The van der Waals surface area contributed by atoms with Gasteiger partial charge in [-0.3, -0.25) is 0 Å². The van der Waals surface area contributed by atoms with Gasteiger partial charge in [-0.1, -0.05) is 23.7 Å². The molecule has 3 nitrogen and oxygen atoms in total. The van der Waals surface area contributed by atoms with Crippen molar-refractivity contribution in [1.82, 2.24) is 5.32 Å². The second kappa shape index (κ2) is 5.36. The smallest absolute Gasteiger partial charge is 0.103 e. The molecule has 0 amide bonds. The zero-order valence-corrected chi connectivity index (χ0v) is 10.7. The summed E-state index contributed by atoms with van der Waals surface area (Å²) in [5, 5.41) is 14.2. The molecule has 0 saturated carbocycles. The Morgan fingerprint density at radius 3 is 2.76 bits per heavy atom. The van der Waals surface area contributed by atoms with Crippen molar-refractivity contribution < 1.29 is 9.84 Å². The first kappa shape index (κ1) is 12.8. The van der Waals surface area contributed by atoms with Gasteiger partial charge in [0.15, 0.2) is 0 Å². The van der Waals surface area contributed by atoms with E-state index in [0.29, 0.717) is 26.2 Å². The molecular weight excluding hydrogens is 238 g/mol. The van der Waals surface area contributed by atoms with Crippen LogP contribution in [-0.2, 0) is 4.74 Å². The largest absolute Gasteiger partial charge is 0.386 e. The van der Waals surface area contributed by atoms with Gasteiger partial charge in [0.1, 0.15) is 5.60 Å². The van der Waals surface area contributed by atoms with Crippen LogP contribution in [0.2, 0.25) is 5.02 Å².